The number of carbonyl (C=O) groups excluding carboxylic acids is 3. The van der Waals surface area contributed by atoms with Gasteiger partial charge in [0.2, 0.25) is 0 Å². The fraction of sp³-hybridized carbons (Fsp3) is 0.747. The van der Waals surface area contributed by atoms with Gasteiger partial charge in [0.05, 0.1) is 0 Å². The van der Waals surface area contributed by atoms with Crippen LogP contribution in [-0.2, 0) is 28.6 Å². The van der Waals surface area contributed by atoms with Gasteiger partial charge in [-0.15, -0.1) is 0 Å². The minimum Gasteiger partial charge on any atom is -0.462 e. The summed E-state index contributed by atoms with van der Waals surface area (Å²) in [6, 6.07) is 0. The van der Waals surface area contributed by atoms with E-state index in [9.17, 15) is 14.4 Å². The Bertz CT molecular complexity index is 1580. The summed E-state index contributed by atoms with van der Waals surface area (Å²) in [6.45, 7) is 6.45. The predicted octanol–water partition coefficient (Wildman–Crippen LogP) is 24.0. The van der Waals surface area contributed by atoms with Crippen molar-refractivity contribution in [3.05, 3.63) is 97.2 Å². The second-order valence-corrected chi connectivity index (χ2v) is 23.0. The summed E-state index contributed by atoms with van der Waals surface area (Å²) in [5, 5.41) is 0. The Labute approximate surface area is 502 Å². The highest BCUT2D eigenvalue weighted by molar-refractivity contribution is 5.71. The minimum absolute atomic E-state index is 0.0818. The van der Waals surface area contributed by atoms with Crippen LogP contribution < -0.4 is 0 Å². The molecule has 466 valence electrons. The fourth-order valence-electron chi connectivity index (χ4n) is 9.92. The van der Waals surface area contributed by atoms with Gasteiger partial charge in [-0.1, -0.05) is 304 Å². The highest BCUT2D eigenvalue weighted by Gasteiger charge is 2.19. The van der Waals surface area contributed by atoms with Gasteiger partial charge < -0.3 is 14.2 Å². The van der Waals surface area contributed by atoms with Crippen molar-refractivity contribution in [3.63, 3.8) is 0 Å². The molecule has 81 heavy (non-hydrogen) atoms. The molecule has 0 aromatic rings. The van der Waals surface area contributed by atoms with Gasteiger partial charge in [0.1, 0.15) is 13.2 Å². The third-order valence-electron chi connectivity index (χ3n) is 15.1. The average Bonchev–Trinajstić information content (AvgIpc) is 3.47. The van der Waals surface area contributed by atoms with Crippen molar-refractivity contribution in [2.24, 2.45) is 0 Å². The van der Waals surface area contributed by atoms with Gasteiger partial charge in [0.25, 0.3) is 0 Å². The fourth-order valence-corrected chi connectivity index (χ4v) is 9.92. The molecule has 6 nitrogen and oxygen atoms in total. The number of hydrogen-bond donors (Lipinski definition) is 0. The molecular weight excluding hydrogens is 997 g/mol. The summed E-state index contributed by atoms with van der Waals surface area (Å²) in [5.74, 6) is -0.881. The van der Waals surface area contributed by atoms with E-state index in [1.807, 2.05) is 0 Å². The maximum atomic E-state index is 13.0. The van der Waals surface area contributed by atoms with Gasteiger partial charge in [-0.05, 0) is 116 Å². The molecule has 0 bridgehead atoms. The van der Waals surface area contributed by atoms with Crippen molar-refractivity contribution in [2.45, 2.75) is 348 Å². The standard InChI is InChI=1S/C75H130O6/c1-4-7-10-13-16-19-22-25-28-31-33-35-37-39-41-44-47-50-53-56-59-62-65-68-74(77)80-71-72(70-79-73(76)67-64-61-58-55-52-49-46-43-30-27-24-21-18-15-12-9-6-3)81-75(78)69-66-63-60-57-54-51-48-45-42-40-38-36-34-32-29-26-23-20-17-14-11-8-5-2/h7,9-10,12,16,18-19,21,25,27-28,30,32-35,72H,4-6,8,11,13-15,17,20,22-24,26,29,31,36-71H2,1-3H3/b10-7-,12-9-,19-16-,21-18-,28-25-,30-27-,34-32-,35-33-. The topological polar surface area (TPSA) is 78.9 Å². The van der Waals surface area contributed by atoms with Crippen LogP contribution in [0.3, 0.4) is 0 Å². The summed E-state index contributed by atoms with van der Waals surface area (Å²) in [4.78, 5) is 38.5. The van der Waals surface area contributed by atoms with Crippen molar-refractivity contribution in [1.29, 1.82) is 0 Å². The van der Waals surface area contributed by atoms with Crippen molar-refractivity contribution in [2.75, 3.05) is 13.2 Å². The molecule has 0 aliphatic heterocycles. The average molecular weight is 1130 g/mol. The molecule has 0 aliphatic carbocycles. The van der Waals surface area contributed by atoms with Crippen LogP contribution in [0.1, 0.15) is 342 Å². The summed E-state index contributed by atoms with van der Waals surface area (Å²) in [7, 11) is 0. The van der Waals surface area contributed by atoms with Crippen molar-refractivity contribution in [3.8, 4) is 0 Å². The molecule has 1 atom stereocenters. The molecule has 0 fully saturated rings. The van der Waals surface area contributed by atoms with Gasteiger partial charge >= 0.3 is 17.9 Å². The largest absolute Gasteiger partial charge is 0.462 e. The Morgan fingerprint density at radius 3 is 0.765 bits per heavy atom. The molecule has 0 aromatic heterocycles. The van der Waals surface area contributed by atoms with Crippen LogP contribution in [0.5, 0.6) is 0 Å². The normalized spacial score (nSPS) is 12.7. The first kappa shape index (κ1) is 77.3. The lowest BCUT2D eigenvalue weighted by Gasteiger charge is -2.18. The Kier molecular flexibility index (Phi) is 65.7. The zero-order valence-corrected chi connectivity index (χ0v) is 53.5. The highest BCUT2D eigenvalue weighted by atomic mass is 16.6. The van der Waals surface area contributed by atoms with Crippen LogP contribution in [0.15, 0.2) is 97.2 Å². The van der Waals surface area contributed by atoms with E-state index in [4.69, 9.17) is 14.2 Å². The number of esters is 3. The lowest BCUT2D eigenvalue weighted by molar-refractivity contribution is -0.167. The molecule has 0 saturated heterocycles. The number of allylic oxidation sites excluding steroid dienone is 16. The number of rotatable bonds is 63. The minimum atomic E-state index is -0.787. The molecule has 0 aromatic carbocycles. The van der Waals surface area contributed by atoms with E-state index < -0.39 is 6.10 Å². The molecular formula is C75H130O6. The van der Waals surface area contributed by atoms with E-state index in [1.54, 1.807) is 0 Å². The Hall–Kier alpha value is -3.67. The van der Waals surface area contributed by atoms with Gasteiger partial charge in [-0.25, -0.2) is 0 Å². The van der Waals surface area contributed by atoms with Crippen LogP contribution in [0.4, 0.5) is 0 Å². The molecule has 6 heteroatoms. The van der Waals surface area contributed by atoms with E-state index in [1.165, 1.54) is 193 Å². The summed E-state index contributed by atoms with van der Waals surface area (Å²) >= 11 is 0. The number of hydrogen-bond acceptors (Lipinski definition) is 6. The van der Waals surface area contributed by atoms with E-state index in [2.05, 4.69) is 118 Å². The SMILES string of the molecule is CC/C=C\C/C=C\C/C=C\C/C=C\CCCCCCCCCCCCC(=O)OCC(COC(=O)CCCCCCCCC/C=C\C/C=C\C/C=C\CC)OC(=O)CCCCCCCCCCCCC/C=C\CCCCCCCCCC. The van der Waals surface area contributed by atoms with Crippen LogP contribution >= 0.6 is 0 Å². The molecule has 0 amide bonds. The summed E-state index contributed by atoms with van der Waals surface area (Å²) in [6.07, 6.45) is 92.8. The monoisotopic (exact) mass is 1130 g/mol. The first-order valence-electron chi connectivity index (χ1n) is 34.7. The maximum Gasteiger partial charge on any atom is 0.306 e. The second-order valence-electron chi connectivity index (χ2n) is 23.0. The van der Waals surface area contributed by atoms with Gasteiger partial charge in [0.15, 0.2) is 6.10 Å². The first-order chi connectivity index (χ1) is 40.0. The third-order valence-corrected chi connectivity index (χ3v) is 15.1. The van der Waals surface area contributed by atoms with Gasteiger partial charge in [0, 0.05) is 19.3 Å². The van der Waals surface area contributed by atoms with Gasteiger partial charge in [-0.2, -0.15) is 0 Å². The second kappa shape index (κ2) is 68.8. The molecule has 0 aliphatic rings. The van der Waals surface area contributed by atoms with E-state index in [0.29, 0.717) is 19.3 Å². The number of ether oxygens (including phenoxy) is 3. The molecule has 0 spiro atoms. The Morgan fingerprint density at radius 1 is 0.259 bits per heavy atom. The number of unbranched alkanes of at least 4 members (excludes halogenated alkanes) is 36. The van der Waals surface area contributed by atoms with Crippen LogP contribution in [-0.4, -0.2) is 37.2 Å². The van der Waals surface area contributed by atoms with Crippen LogP contribution in [0, 0.1) is 0 Å². The van der Waals surface area contributed by atoms with Gasteiger partial charge in [-0.3, -0.25) is 14.4 Å². The van der Waals surface area contributed by atoms with E-state index in [0.717, 1.165) is 109 Å². The van der Waals surface area contributed by atoms with E-state index in [-0.39, 0.29) is 31.1 Å². The zero-order valence-electron chi connectivity index (χ0n) is 53.5. The summed E-state index contributed by atoms with van der Waals surface area (Å²) < 4.78 is 17.0. The quantitative estimate of drug-likeness (QED) is 0.0261. The van der Waals surface area contributed by atoms with Crippen LogP contribution in [0.25, 0.3) is 0 Å². The van der Waals surface area contributed by atoms with Crippen molar-refractivity contribution < 1.29 is 28.6 Å². The number of carbonyl (C=O) groups is 3. The maximum absolute atomic E-state index is 13.0. The molecule has 0 saturated carbocycles. The highest BCUT2D eigenvalue weighted by Crippen LogP contribution is 2.17. The molecule has 1 unspecified atom stereocenters. The van der Waals surface area contributed by atoms with Crippen LogP contribution in [0.2, 0.25) is 0 Å². The van der Waals surface area contributed by atoms with Crippen molar-refractivity contribution >= 4 is 17.9 Å². The van der Waals surface area contributed by atoms with Crippen molar-refractivity contribution in [1.82, 2.24) is 0 Å². The zero-order chi connectivity index (χ0) is 58.5. The molecule has 0 heterocycles. The Morgan fingerprint density at radius 2 is 0.481 bits per heavy atom. The predicted molar refractivity (Wildman–Crippen MR) is 353 cm³/mol. The molecule has 0 rings (SSSR count). The molecule has 0 N–H and O–H groups in total. The smallest absolute Gasteiger partial charge is 0.306 e. The third kappa shape index (κ3) is 67.0. The summed E-state index contributed by atoms with van der Waals surface area (Å²) in [5.41, 5.74) is 0. The van der Waals surface area contributed by atoms with E-state index >= 15 is 0 Å². The lowest BCUT2D eigenvalue weighted by Crippen LogP contribution is -2.30. The first-order valence-corrected chi connectivity index (χ1v) is 34.7. The molecule has 0 radical (unpaired) electrons. The lowest BCUT2D eigenvalue weighted by atomic mass is 10.0. The Balaban J connectivity index is 4.36.